The summed E-state index contributed by atoms with van der Waals surface area (Å²) in [5, 5.41) is 21.4. The molecule has 0 bridgehead atoms. The summed E-state index contributed by atoms with van der Waals surface area (Å²) in [6.45, 7) is 1.43. The molecular formula is C51H47Cl2F2N9. The Balaban J connectivity index is 0.000000114. The number of nitrogens with one attached hydrogen (secondary N) is 6. The first kappa shape index (κ1) is 41.6. The smallest absolute Gasteiger partial charge is 0.196 e. The maximum absolute atomic E-state index is 13.7. The molecule has 3 atom stereocenters. The highest BCUT2D eigenvalue weighted by Gasteiger charge is 2.27. The summed E-state index contributed by atoms with van der Waals surface area (Å²) in [5.74, 6) is 1.89. The molecule has 12 rings (SSSR count). The van der Waals surface area contributed by atoms with Crippen molar-refractivity contribution in [2.45, 2.75) is 76.3 Å². The van der Waals surface area contributed by atoms with E-state index < -0.39 is 0 Å². The molecule has 13 heteroatoms. The molecule has 6 aliphatic rings. The molecule has 6 aromatic rings. The molecule has 3 aliphatic heterocycles. The second kappa shape index (κ2) is 18.3. The first-order valence-electron chi connectivity index (χ1n) is 21.8. The highest BCUT2D eigenvalue weighted by molar-refractivity contribution is 6.42. The Hall–Kier alpha value is -6.43. The third-order valence-electron chi connectivity index (χ3n) is 12.7. The van der Waals surface area contributed by atoms with Gasteiger partial charge in [0.15, 0.2) is 17.9 Å². The van der Waals surface area contributed by atoms with E-state index in [2.05, 4.69) is 120 Å². The van der Waals surface area contributed by atoms with Crippen molar-refractivity contribution < 1.29 is 8.78 Å². The fraction of sp³-hybridized carbons (Fsp3) is 0.235. The van der Waals surface area contributed by atoms with Crippen LogP contribution in [0.3, 0.4) is 0 Å². The Labute approximate surface area is 381 Å². The van der Waals surface area contributed by atoms with E-state index >= 15 is 0 Å². The third kappa shape index (κ3) is 8.87. The molecule has 0 aromatic heterocycles. The average Bonchev–Trinajstić information content (AvgIpc) is 4.05. The largest absolute Gasteiger partial charge is 0.349 e. The van der Waals surface area contributed by atoms with Crippen LogP contribution in [-0.2, 0) is 38.9 Å². The zero-order valence-electron chi connectivity index (χ0n) is 35.0. The van der Waals surface area contributed by atoms with Gasteiger partial charge >= 0.3 is 0 Å². The minimum atomic E-state index is -0.216. The van der Waals surface area contributed by atoms with Crippen LogP contribution in [0.15, 0.2) is 136 Å². The summed E-state index contributed by atoms with van der Waals surface area (Å²) in [5.41, 5.74) is 13.5. The molecule has 6 N–H and O–H groups in total. The van der Waals surface area contributed by atoms with Crippen molar-refractivity contribution >= 4 is 58.1 Å². The molecule has 0 amide bonds. The summed E-state index contributed by atoms with van der Waals surface area (Å²) in [4.78, 5) is 13.5. The van der Waals surface area contributed by atoms with Gasteiger partial charge in [-0.1, -0.05) is 102 Å². The van der Waals surface area contributed by atoms with Crippen LogP contribution >= 0.6 is 23.2 Å². The molecule has 3 heterocycles. The van der Waals surface area contributed by atoms with Crippen molar-refractivity contribution in [2.24, 2.45) is 15.0 Å². The van der Waals surface area contributed by atoms with E-state index in [1.54, 1.807) is 12.1 Å². The second-order valence-corrected chi connectivity index (χ2v) is 17.4. The molecule has 0 fully saturated rings. The van der Waals surface area contributed by atoms with Gasteiger partial charge in [0.25, 0.3) is 0 Å². The topological polar surface area (TPSA) is 109 Å². The number of rotatable bonds is 3. The van der Waals surface area contributed by atoms with E-state index in [0.717, 1.165) is 84.6 Å². The van der Waals surface area contributed by atoms with Crippen LogP contribution in [-0.4, -0.2) is 17.9 Å². The lowest BCUT2D eigenvalue weighted by molar-refractivity contribution is 0.607. The van der Waals surface area contributed by atoms with Gasteiger partial charge < -0.3 is 31.9 Å². The SMILES string of the molecule is Clc1ccc2c(c1Cl)CN=C(NC1CCc3ccccc31)N2.Fc1ccc2c(c1)CN=C(NC1CCc3ccccc31)N2.Fc1cccc2c1CN=C(NC1CCc3ccccc31)N2. The lowest BCUT2D eigenvalue weighted by atomic mass is 10.1. The van der Waals surface area contributed by atoms with Gasteiger partial charge in [0.1, 0.15) is 11.6 Å². The van der Waals surface area contributed by atoms with Crippen molar-refractivity contribution in [3.63, 3.8) is 0 Å². The fourth-order valence-electron chi connectivity index (χ4n) is 9.36. The van der Waals surface area contributed by atoms with Crippen LogP contribution in [0.25, 0.3) is 0 Å². The molecule has 0 radical (unpaired) electrons. The number of halogens is 4. The monoisotopic (exact) mass is 893 g/mol. The maximum Gasteiger partial charge on any atom is 0.196 e. The van der Waals surface area contributed by atoms with E-state index in [-0.39, 0.29) is 17.7 Å². The second-order valence-electron chi connectivity index (χ2n) is 16.6. The lowest BCUT2D eigenvalue weighted by Gasteiger charge is -2.23. The number of hydrogen-bond donors (Lipinski definition) is 6. The Bertz CT molecular complexity index is 2830. The predicted molar refractivity (Wildman–Crippen MR) is 255 cm³/mol. The zero-order chi connectivity index (χ0) is 43.6. The molecule has 64 heavy (non-hydrogen) atoms. The van der Waals surface area contributed by atoms with Crippen molar-refractivity contribution in [1.82, 2.24) is 16.0 Å². The number of aliphatic imine (C=N–C) groups is 3. The van der Waals surface area contributed by atoms with Crippen LogP contribution in [0, 0.1) is 11.6 Å². The van der Waals surface area contributed by atoms with Gasteiger partial charge in [0, 0.05) is 33.8 Å². The van der Waals surface area contributed by atoms with Gasteiger partial charge in [0.2, 0.25) is 0 Å². The third-order valence-corrected chi connectivity index (χ3v) is 13.5. The van der Waals surface area contributed by atoms with Gasteiger partial charge in [-0.3, -0.25) is 0 Å². The normalized spacial score (nSPS) is 19.2. The van der Waals surface area contributed by atoms with Crippen molar-refractivity contribution in [2.75, 3.05) is 16.0 Å². The highest BCUT2D eigenvalue weighted by Crippen LogP contribution is 2.36. The number of nitrogens with zero attached hydrogens (tertiary/aromatic N) is 3. The molecule has 9 nitrogen and oxygen atoms in total. The van der Waals surface area contributed by atoms with E-state index in [9.17, 15) is 8.78 Å². The van der Waals surface area contributed by atoms with E-state index in [1.807, 2.05) is 18.2 Å². The predicted octanol–water partition coefficient (Wildman–Crippen LogP) is 11.3. The number of aryl methyl sites for hydroxylation is 3. The quantitative estimate of drug-likeness (QED) is 0.106. The Kier molecular flexibility index (Phi) is 11.9. The van der Waals surface area contributed by atoms with E-state index in [4.69, 9.17) is 23.2 Å². The van der Waals surface area contributed by atoms with Crippen LogP contribution < -0.4 is 31.9 Å². The molecule has 0 saturated heterocycles. The number of hydrogen-bond acceptors (Lipinski definition) is 9. The summed E-state index contributed by atoms with van der Waals surface area (Å²) in [7, 11) is 0. The number of fused-ring (bicyclic) bond motifs is 6. The van der Waals surface area contributed by atoms with E-state index in [0.29, 0.717) is 47.3 Å². The van der Waals surface area contributed by atoms with Crippen LogP contribution in [0.1, 0.15) is 87.5 Å². The van der Waals surface area contributed by atoms with Gasteiger partial charge in [-0.15, -0.1) is 0 Å². The first-order valence-corrected chi connectivity index (χ1v) is 22.6. The standard InChI is InChI=1S/C17H15Cl2N3.2C17H16FN3/c18-13-6-8-15-12(16(13)19)9-20-17(22-15)21-14-7-5-10-3-1-2-4-11(10)14;18-14-6-3-7-15-13(14)10-19-17(20-15)21-16-9-8-11-4-1-2-5-12(11)16;18-13-6-8-15-12(9-13)10-19-17(20-15)21-16-7-5-11-3-1-2-4-14(11)16/h1-4,6,8,14H,5,7,9H2,(H2,20,21,22);1-7,16H,8-10H2,(H2,19,20,21);1-4,6,8-9,16H,5,7,10H2,(H2,19,20,21). The summed E-state index contributed by atoms with van der Waals surface area (Å²) in [6, 6.07) is 40.1. The van der Waals surface area contributed by atoms with Crippen molar-refractivity contribution in [3.8, 4) is 0 Å². The molecule has 3 unspecified atom stereocenters. The number of benzene rings is 6. The van der Waals surface area contributed by atoms with Gasteiger partial charge in [-0.2, -0.15) is 0 Å². The lowest BCUT2D eigenvalue weighted by Crippen LogP contribution is -2.35. The minimum absolute atomic E-state index is 0.200. The van der Waals surface area contributed by atoms with Crippen molar-refractivity contribution in [3.05, 3.63) is 193 Å². The van der Waals surface area contributed by atoms with Crippen molar-refractivity contribution in [1.29, 1.82) is 0 Å². The zero-order valence-corrected chi connectivity index (χ0v) is 36.5. The molecule has 3 aliphatic carbocycles. The maximum atomic E-state index is 13.7. The molecule has 0 spiro atoms. The Morgan fingerprint density at radius 2 is 0.938 bits per heavy atom. The van der Waals surface area contributed by atoms with Crippen LogP contribution in [0.4, 0.5) is 25.8 Å². The van der Waals surface area contributed by atoms with Gasteiger partial charge in [-0.05, 0) is 114 Å². The van der Waals surface area contributed by atoms with Gasteiger partial charge in [0.05, 0.1) is 47.8 Å². The summed E-state index contributed by atoms with van der Waals surface area (Å²) < 4.78 is 26.9. The Morgan fingerprint density at radius 3 is 1.50 bits per heavy atom. The fourth-order valence-corrected chi connectivity index (χ4v) is 9.76. The Morgan fingerprint density at radius 1 is 0.469 bits per heavy atom. The summed E-state index contributed by atoms with van der Waals surface area (Å²) >= 11 is 12.3. The molecule has 6 aromatic carbocycles. The molecular weight excluding hydrogens is 848 g/mol. The minimum Gasteiger partial charge on any atom is -0.349 e. The van der Waals surface area contributed by atoms with Gasteiger partial charge in [-0.25, -0.2) is 23.8 Å². The van der Waals surface area contributed by atoms with Crippen LogP contribution in [0.5, 0.6) is 0 Å². The highest BCUT2D eigenvalue weighted by atomic mass is 35.5. The van der Waals surface area contributed by atoms with Crippen LogP contribution in [0.2, 0.25) is 10.0 Å². The first-order chi connectivity index (χ1) is 31.3. The molecule has 0 saturated carbocycles. The van der Waals surface area contributed by atoms with E-state index in [1.165, 1.54) is 51.6 Å². The average molecular weight is 895 g/mol. The summed E-state index contributed by atoms with van der Waals surface area (Å²) in [6.07, 6.45) is 6.54. The number of guanidine groups is 3. The molecule has 324 valence electrons. The number of anilines is 3.